The van der Waals surface area contributed by atoms with Crippen molar-refractivity contribution in [1.82, 2.24) is 0 Å². The molecule has 0 aromatic heterocycles. The third-order valence-electron chi connectivity index (χ3n) is 6.53. The third-order valence-corrected chi connectivity index (χ3v) is 6.53. The van der Waals surface area contributed by atoms with Crippen molar-refractivity contribution in [2.75, 3.05) is 11.7 Å². The largest absolute Gasteiger partial charge is 0.454 e. The average Bonchev–Trinajstić information content (AvgIpc) is 3.20. The standard InChI is InChI=1S/C25H24N2O6/c1-14-4-6-15(7-5-14)26-19-11-25(2,3)12-20(28)24(19)17(9-23(26)29)16-8-21-22(33-13-32-21)10-18(16)27(30)31/h4-8,10,17H,9,11-13H2,1-3H3. The summed E-state index contributed by atoms with van der Waals surface area (Å²) in [4.78, 5) is 40.0. The highest BCUT2D eigenvalue weighted by Gasteiger charge is 2.46. The average molecular weight is 448 g/mol. The fourth-order valence-corrected chi connectivity index (χ4v) is 5.06. The van der Waals surface area contributed by atoms with Crippen molar-refractivity contribution in [3.63, 3.8) is 0 Å². The number of ketones is 1. The van der Waals surface area contributed by atoms with Crippen LogP contribution < -0.4 is 14.4 Å². The zero-order valence-corrected chi connectivity index (χ0v) is 18.7. The molecule has 8 heteroatoms. The Morgan fingerprint density at radius 3 is 2.39 bits per heavy atom. The number of rotatable bonds is 3. The molecule has 2 aromatic rings. The van der Waals surface area contributed by atoms with Crippen molar-refractivity contribution >= 4 is 23.1 Å². The molecular weight excluding hydrogens is 424 g/mol. The highest BCUT2D eigenvalue weighted by Crippen LogP contribution is 2.51. The molecule has 0 saturated carbocycles. The van der Waals surface area contributed by atoms with Gasteiger partial charge in [-0.25, -0.2) is 0 Å². The van der Waals surface area contributed by atoms with Gasteiger partial charge in [0.1, 0.15) is 0 Å². The fourth-order valence-electron chi connectivity index (χ4n) is 5.06. The van der Waals surface area contributed by atoms with Crippen LogP contribution in [0.3, 0.4) is 0 Å². The summed E-state index contributed by atoms with van der Waals surface area (Å²) in [5.74, 6) is -0.315. The molecule has 170 valence electrons. The molecule has 8 nitrogen and oxygen atoms in total. The van der Waals surface area contributed by atoms with E-state index >= 15 is 0 Å². The van der Waals surface area contributed by atoms with Crippen LogP contribution in [0.1, 0.15) is 50.2 Å². The summed E-state index contributed by atoms with van der Waals surface area (Å²) < 4.78 is 10.8. The Morgan fingerprint density at radius 2 is 1.73 bits per heavy atom. The number of hydrogen-bond donors (Lipinski definition) is 0. The molecule has 33 heavy (non-hydrogen) atoms. The predicted octanol–water partition coefficient (Wildman–Crippen LogP) is 4.80. The first-order valence-corrected chi connectivity index (χ1v) is 10.9. The molecule has 1 aliphatic carbocycles. The number of carbonyl (C=O) groups is 2. The molecule has 1 amide bonds. The number of hydrogen-bond acceptors (Lipinski definition) is 6. The minimum Gasteiger partial charge on any atom is -0.454 e. The second-order valence-corrected chi connectivity index (χ2v) is 9.64. The molecule has 0 spiro atoms. The number of fused-ring (bicyclic) bond motifs is 1. The number of carbonyl (C=O) groups excluding carboxylic acids is 2. The minimum absolute atomic E-state index is 0.0260. The number of anilines is 1. The number of nitro groups is 1. The summed E-state index contributed by atoms with van der Waals surface area (Å²) in [5.41, 5.74) is 2.67. The van der Waals surface area contributed by atoms with Crippen molar-refractivity contribution < 1.29 is 24.0 Å². The summed E-state index contributed by atoms with van der Waals surface area (Å²) in [6, 6.07) is 10.5. The van der Waals surface area contributed by atoms with Gasteiger partial charge in [0.25, 0.3) is 5.69 Å². The van der Waals surface area contributed by atoms with Gasteiger partial charge in [-0.15, -0.1) is 0 Å². The molecule has 0 radical (unpaired) electrons. The number of nitro benzene ring substituents is 1. The smallest absolute Gasteiger partial charge is 0.277 e. The van der Waals surface area contributed by atoms with Gasteiger partial charge in [0.15, 0.2) is 17.3 Å². The first-order chi connectivity index (χ1) is 15.6. The summed E-state index contributed by atoms with van der Waals surface area (Å²) >= 11 is 0. The Hall–Kier alpha value is -3.68. The van der Waals surface area contributed by atoms with Crippen molar-refractivity contribution in [2.24, 2.45) is 5.41 Å². The number of ether oxygens (including phenoxy) is 2. The lowest BCUT2D eigenvalue weighted by Crippen LogP contribution is -2.43. The highest BCUT2D eigenvalue weighted by atomic mass is 16.7. The van der Waals surface area contributed by atoms with E-state index < -0.39 is 10.8 Å². The number of amides is 1. The van der Waals surface area contributed by atoms with E-state index in [0.29, 0.717) is 46.9 Å². The lowest BCUT2D eigenvalue weighted by Gasteiger charge is -2.42. The zero-order chi connectivity index (χ0) is 23.5. The van der Waals surface area contributed by atoms with Gasteiger partial charge >= 0.3 is 0 Å². The van der Waals surface area contributed by atoms with E-state index in [0.717, 1.165) is 5.56 Å². The summed E-state index contributed by atoms with van der Waals surface area (Å²) in [6.45, 7) is 5.94. The van der Waals surface area contributed by atoms with Gasteiger partial charge in [0.05, 0.1) is 11.0 Å². The van der Waals surface area contributed by atoms with Crippen molar-refractivity contribution in [2.45, 2.75) is 46.0 Å². The van der Waals surface area contributed by atoms with Crippen LogP contribution in [0, 0.1) is 22.5 Å². The Kier molecular flexibility index (Phi) is 4.77. The Bertz CT molecular complexity index is 1230. The zero-order valence-electron chi connectivity index (χ0n) is 18.7. The number of Topliss-reactive ketones (excluding diaryl/α,β-unsaturated/α-hetero) is 1. The van der Waals surface area contributed by atoms with Gasteiger partial charge in [0, 0.05) is 41.3 Å². The van der Waals surface area contributed by atoms with Crippen LogP contribution in [0.15, 0.2) is 47.7 Å². The molecule has 5 rings (SSSR count). The molecule has 1 atom stereocenters. The van der Waals surface area contributed by atoms with Crippen LogP contribution in [0.5, 0.6) is 11.5 Å². The maximum atomic E-state index is 13.5. The SMILES string of the molecule is Cc1ccc(N2C(=O)CC(c3cc4c(cc3[N+](=O)[O-])OCO4)C3=C2CC(C)(C)CC3=O)cc1. The van der Waals surface area contributed by atoms with Crippen molar-refractivity contribution in [3.8, 4) is 11.5 Å². The molecule has 0 fully saturated rings. The summed E-state index contributed by atoms with van der Waals surface area (Å²) in [6.07, 6.45) is 0.790. The number of benzene rings is 2. The molecule has 3 aliphatic rings. The molecule has 0 N–H and O–H groups in total. The normalized spacial score (nSPS) is 21.3. The third kappa shape index (κ3) is 3.55. The summed E-state index contributed by atoms with van der Waals surface area (Å²) in [7, 11) is 0. The van der Waals surface area contributed by atoms with E-state index in [1.807, 2.05) is 45.0 Å². The molecule has 2 aliphatic heterocycles. The topological polar surface area (TPSA) is 99.0 Å². The van der Waals surface area contributed by atoms with E-state index in [1.165, 1.54) is 6.07 Å². The van der Waals surface area contributed by atoms with Crippen molar-refractivity contribution in [1.29, 1.82) is 0 Å². The molecule has 0 bridgehead atoms. The van der Waals surface area contributed by atoms with E-state index in [-0.39, 0.29) is 36.0 Å². The number of aryl methyl sites for hydroxylation is 1. The van der Waals surface area contributed by atoms with Gasteiger partial charge in [-0.05, 0) is 37.0 Å². The summed E-state index contributed by atoms with van der Waals surface area (Å²) in [5, 5.41) is 11.9. The molecule has 1 unspecified atom stereocenters. The van der Waals surface area contributed by atoms with E-state index in [9.17, 15) is 19.7 Å². The van der Waals surface area contributed by atoms with Crippen LogP contribution in [-0.2, 0) is 9.59 Å². The maximum Gasteiger partial charge on any atom is 0.277 e. The van der Waals surface area contributed by atoms with E-state index in [4.69, 9.17) is 9.47 Å². The molecular formula is C25H24N2O6. The minimum atomic E-state index is -0.715. The van der Waals surface area contributed by atoms with Crippen LogP contribution >= 0.6 is 0 Å². The Balaban J connectivity index is 1.72. The van der Waals surface area contributed by atoms with Crippen LogP contribution in [0.25, 0.3) is 0 Å². The van der Waals surface area contributed by atoms with Gasteiger partial charge in [0.2, 0.25) is 12.7 Å². The van der Waals surface area contributed by atoms with Gasteiger partial charge in [-0.2, -0.15) is 0 Å². The first-order valence-electron chi connectivity index (χ1n) is 10.9. The molecule has 0 saturated heterocycles. The lowest BCUT2D eigenvalue weighted by atomic mass is 9.69. The van der Waals surface area contributed by atoms with Gasteiger partial charge < -0.3 is 9.47 Å². The first kappa shape index (κ1) is 21.2. The quantitative estimate of drug-likeness (QED) is 0.494. The monoisotopic (exact) mass is 448 g/mol. The number of nitrogens with zero attached hydrogens (tertiary/aromatic N) is 2. The van der Waals surface area contributed by atoms with Crippen LogP contribution in [0.2, 0.25) is 0 Å². The molecule has 2 aromatic carbocycles. The lowest BCUT2D eigenvalue weighted by molar-refractivity contribution is -0.385. The second-order valence-electron chi connectivity index (χ2n) is 9.64. The number of allylic oxidation sites excluding steroid dienone is 2. The molecule has 2 heterocycles. The Morgan fingerprint density at radius 1 is 1.06 bits per heavy atom. The second kappa shape index (κ2) is 7.43. The predicted molar refractivity (Wildman–Crippen MR) is 120 cm³/mol. The van der Waals surface area contributed by atoms with Gasteiger partial charge in [-0.1, -0.05) is 31.5 Å². The van der Waals surface area contributed by atoms with Crippen molar-refractivity contribution in [3.05, 3.63) is 68.9 Å². The van der Waals surface area contributed by atoms with E-state index in [2.05, 4.69) is 0 Å². The van der Waals surface area contributed by atoms with Crippen LogP contribution in [0.4, 0.5) is 11.4 Å². The van der Waals surface area contributed by atoms with Gasteiger partial charge in [-0.3, -0.25) is 24.6 Å². The van der Waals surface area contributed by atoms with E-state index in [1.54, 1.807) is 11.0 Å². The van der Waals surface area contributed by atoms with Crippen LogP contribution in [-0.4, -0.2) is 23.4 Å². The highest BCUT2D eigenvalue weighted by molar-refractivity contribution is 6.08. The Labute approximate surface area is 190 Å². The fraction of sp³-hybridized carbons (Fsp3) is 0.360. The maximum absolute atomic E-state index is 13.5.